The van der Waals surface area contributed by atoms with Crippen LogP contribution in [0.15, 0.2) is 18.2 Å². The Bertz CT molecular complexity index is 979. The first-order valence-corrected chi connectivity index (χ1v) is 8.42. The van der Waals surface area contributed by atoms with Gasteiger partial charge in [-0.15, -0.1) is 15.3 Å². The fourth-order valence-corrected chi connectivity index (χ4v) is 3.29. The van der Waals surface area contributed by atoms with Crippen molar-refractivity contribution in [3.05, 3.63) is 39.6 Å². The van der Waals surface area contributed by atoms with Gasteiger partial charge in [0.25, 0.3) is 5.91 Å². The minimum absolute atomic E-state index is 0.0184. The highest BCUT2D eigenvalue weighted by Crippen LogP contribution is 2.39. The number of nitrogens with zero attached hydrogens (tertiary/aromatic N) is 4. The standard InChI is InChI=1S/C14H9ClF3N5OS/c15-9-4-3-7(5-8(9)14(16,17)18)19-11(24)12-22-23-10(6-1-2-6)20-21-13(23)25-12/h3-6H,1-2H2,(H,19,24). The Hall–Kier alpha value is -2.20. The van der Waals surface area contributed by atoms with Crippen molar-refractivity contribution in [1.82, 2.24) is 19.8 Å². The maximum absolute atomic E-state index is 12.9. The van der Waals surface area contributed by atoms with Gasteiger partial charge in [0.1, 0.15) is 0 Å². The first kappa shape index (κ1) is 16.3. The van der Waals surface area contributed by atoms with E-state index in [-0.39, 0.29) is 10.7 Å². The van der Waals surface area contributed by atoms with Gasteiger partial charge >= 0.3 is 6.18 Å². The van der Waals surface area contributed by atoms with Crippen molar-refractivity contribution in [1.29, 1.82) is 0 Å². The van der Waals surface area contributed by atoms with Gasteiger partial charge in [-0.2, -0.15) is 17.7 Å². The zero-order valence-electron chi connectivity index (χ0n) is 12.3. The number of benzene rings is 1. The molecule has 1 amide bonds. The number of nitrogens with one attached hydrogen (secondary N) is 1. The van der Waals surface area contributed by atoms with Crippen LogP contribution in [0.3, 0.4) is 0 Å². The van der Waals surface area contributed by atoms with Gasteiger partial charge in [0.2, 0.25) is 9.97 Å². The predicted octanol–water partition coefficient (Wildman–Crippen LogP) is 3.99. The number of halogens is 4. The minimum Gasteiger partial charge on any atom is -0.320 e. The summed E-state index contributed by atoms with van der Waals surface area (Å²) in [4.78, 5) is 12.8. The average Bonchev–Trinajstić information content (AvgIpc) is 3.16. The first-order valence-electron chi connectivity index (χ1n) is 7.23. The van der Waals surface area contributed by atoms with E-state index in [1.54, 1.807) is 0 Å². The molecule has 1 aromatic carbocycles. The van der Waals surface area contributed by atoms with Crippen LogP contribution in [0.4, 0.5) is 18.9 Å². The van der Waals surface area contributed by atoms with Crippen molar-refractivity contribution >= 4 is 39.5 Å². The van der Waals surface area contributed by atoms with Crippen LogP contribution in [0, 0.1) is 0 Å². The fraction of sp³-hybridized carbons (Fsp3) is 0.286. The van der Waals surface area contributed by atoms with E-state index in [0.717, 1.165) is 36.3 Å². The molecule has 2 aromatic heterocycles. The molecular weight excluding hydrogens is 379 g/mol. The van der Waals surface area contributed by atoms with Crippen LogP contribution in [-0.2, 0) is 6.18 Å². The van der Waals surface area contributed by atoms with Crippen LogP contribution in [-0.4, -0.2) is 25.7 Å². The number of rotatable bonds is 3. The third-order valence-corrected chi connectivity index (χ3v) is 4.91. The third-order valence-electron chi connectivity index (χ3n) is 3.68. The Balaban J connectivity index is 1.60. The largest absolute Gasteiger partial charge is 0.417 e. The molecule has 4 rings (SSSR count). The lowest BCUT2D eigenvalue weighted by atomic mass is 10.2. The Labute approximate surface area is 147 Å². The SMILES string of the molecule is O=C(Nc1ccc(Cl)c(C(F)(F)F)c1)c1nn2c(C3CC3)nnc2s1. The molecule has 0 unspecified atom stereocenters. The van der Waals surface area contributed by atoms with E-state index >= 15 is 0 Å². The lowest BCUT2D eigenvalue weighted by Crippen LogP contribution is -2.14. The van der Waals surface area contributed by atoms with Gasteiger partial charge in [0, 0.05) is 11.6 Å². The highest BCUT2D eigenvalue weighted by molar-refractivity contribution is 7.18. The normalized spacial score (nSPS) is 14.9. The number of carbonyl (C=O) groups is 1. The van der Waals surface area contributed by atoms with Crippen LogP contribution in [0.25, 0.3) is 4.96 Å². The van der Waals surface area contributed by atoms with Crippen molar-refractivity contribution in [2.24, 2.45) is 0 Å². The Kier molecular flexibility index (Phi) is 3.69. The number of fused-ring (bicyclic) bond motifs is 1. The molecule has 0 aliphatic heterocycles. The lowest BCUT2D eigenvalue weighted by Gasteiger charge is -2.11. The van der Waals surface area contributed by atoms with E-state index in [9.17, 15) is 18.0 Å². The third kappa shape index (κ3) is 3.07. The molecule has 1 fully saturated rings. The summed E-state index contributed by atoms with van der Waals surface area (Å²) in [5.74, 6) is 0.391. The molecule has 6 nitrogen and oxygen atoms in total. The quantitative estimate of drug-likeness (QED) is 0.737. The van der Waals surface area contributed by atoms with Crippen LogP contribution in [0.5, 0.6) is 0 Å². The monoisotopic (exact) mass is 387 g/mol. The minimum atomic E-state index is -4.61. The van der Waals surface area contributed by atoms with Crippen molar-refractivity contribution < 1.29 is 18.0 Å². The van der Waals surface area contributed by atoms with Crippen molar-refractivity contribution in [3.8, 4) is 0 Å². The lowest BCUT2D eigenvalue weighted by molar-refractivity contribution is -0.137. The van der Waals surface area contributed by atoms with Crippen molar-refractivity contribution in [2.75, 3.05) is 5.32 Å². The summed E-state index contributed by atoms with van der Waals surface area (Å²) in [6, 6.07) is 3.17. The van der Waals surface area contributed by atoms with Gasteiger partial charge in [-0.3, -0.25) is 4.79 Å². The summed E-state index contributed by atoms with van der Waals surface area (Å²) in [5, 5.41) is 14.2. The van der Waals surface area contributed by atoms with E-state index < -0.39 is 22.7 Å². The van der Waals surface area contributed by atoms with E-state index in [2.05, 4.69) is 20.6 Å². The summed E-state index contributed by atoms with van der Waals surface area (Å²) in [6.07, 6.45) is -2.60. The van der Waals surface area contributed by atoms with Gasteiger partial charge in [-0.1, -0.05) is 22.9 Å². The second kappa shape index (κ2) is 5.67. The van der Waals surface area contributed by atoms with E-state index in [1.165, 1.54) is 10.6 Å². The Morgan fingerprint density at radius 3 is 2.76 bits per heavy atom. The number of anilines is 1. The smallest absolute Gasteiger partial charge is 0.320 e. The van der Waals surface area contributed by atoms with E-state index in [1.807, 2.05) is 0 Å². The molecule has 11 heteroatoms. The van der Waals surface area contributed by atoms with Gasteiger partial charge in [0.15, 0.2) is 5.82 Å². The van der Waals surface area contributed by atoms with Gasteiger partial charge < -0.3 is 5.32 Å². The van der Waals surface area contributed by atoms with Crippen molar-refractivity contribution in [2.45, 2.75) is 24.9 Å². The molecule has 0 bridgehead atoms. The second-order valence-electron chi connectivity index (χ2n) is 5.58. The molecule has 1 N–H and O–H groups in total. The maximum Gasteiger partial charge on any atom is 0.417 e. The molecule has 1 aliphatic rings. The summed E-state index contributed by atoms with van der Waals surface area (Å²) >= 11 is 6.59. The summed E-state index contributed by atoms with van der Waals surface area (Å²) in [7, 11) is 0. The predicted molar refractivity (Wildman–Crippen MR) is 85.0 cm³/mol. The highest BCUT2D eigenvalue weighted by atomic mass is 35.5. The summed E-state index contributed by atoms with van der Waals surface area (Å²) in [5.41, 5.74) is -1.03. The van der Waals surface area contributed by atoms with Crippen molar-refractivity contribution in [3.63, 3.8) is 0 Å². The van der Waals surface area contributed by atoms with Gasteiger partial charge in [0.05, 0.1) is 10.6 Å². The number of alkyl halides is 3. The molecular formula is C14H9ClF3N5OS. The van der Waals surface area contributed by atoms with E-state index in [4.69, 9.17) is 11.6 Å². The highest BCUT2D eigenvalue weighted by Gasteiger charge is 2.34. The molecule has 0 saturated heterocycles. The average molecular weight is 388 g/mol. The molecule has 2 heterocycles. The summed E-state index contributed by atoms with van der Waals surface area (Å²) < 4.78 is 40.2. The van der Waals surface area contributed by atoms with Gasteiger partial charge in [-0.05, 0) is 31.0 Å². The first-order chi connectivity index (χ1) is 11.8. The molecule has 1 saturated carbocycles. The molecule has 1 aliphatic carbocycles. The molecule has 0 atom stereocenters. The van der Waals surface area contributed by atoms with Crippen LogP contribution >= 0.6 is 22.9 Å². The number of hydrogen-bond donors (Lipinski definition) is 1. The molecule has 0 spiro atoms. The Morgan fingerprint density at radius 2 is 2.08 bits per heavy atom. The second-order valence-corrected chi connectivity index (χ2v) is 6.94. The van der Waals surface area contributed by atoms with E-state index in [0.29, 0.717) is 16.7 Å². The zero-order valence-corrected chi connectivity index (χ0v) is 13.9. The molecule has 0 radical (unpaired) electrons. The maximum atomic E-state index is 12.9. The van der Waals surface area contributed by atoms with Crippen LogP contribution in [0.1, 0.15) is 39.9 Å². The molecule has 25 heavy (non-hydrogen) atoms. The summed E-state index contributed by atoms with van der Waals surface area (Å²) in [6.45, 7) is 0. The number of aromatic nitrogens is 4. The molecule has 130 valence electrons. The van der Waals surface area contributed by atoms with Crippen LogP contribution in [0.2, 0.25) is 5.02 Å². The fourth-order valence-electron chi connectivity index (χ4n) is 2.32. The molecule has 3 aromatic rings. The van der Waals surface area contributed by atoms with Crippen LogP contribution < -0.4 is 5.32 Å². The number of carbonyl (C=O) groups excluding carboxylic acids is 1. The number of hydrogen-bond acceptors (Lipinski definition) is 5. The zero-order chi connectivity index (χ0) is 17.8. The number of amides is 1. The Morgan fingerprint density at radius 1 is 1.32 bits per heavy atom. The van der Waals surface area contributed by atoms with Gasteiger partial charge in [-0.25, -0.2) is 0 Å². The topological polar surface area (TPSA) is 72.2 Å².